The highest BCUT2D eigenvalue weighted by molar-refractivity contribution is 8.18. The van der Waals surface area contributed by atoms with Crippen molar-refractivity contribution in [3.8, 4) is 11.5 Å². The van der Waals surface area contributed by atoms with E-state index in [4.69, 9.17) is 4.42 Å². The number of pyridine rings is 1. The van der Waals surface area contributed by atoms with E-state index in [0.717, 1.165) is 67.8 Å². The van der Waals surface area contributed by atoms with Gasteiger partial charge in [0.05, 0.1) is 16.9 Å². The van der Waals surface area contributed by atoms with Gasteiger partial charge in [0.2, 0.25) is 5.95 Å². The molecule has 34 heavy (non-hydrogen) atoms. The van der Waals surface area contributed by atoms with Gasteiger partial charge in [-0.1, -0.05) is 6.07 Å². The maximum atomic E-state index is 11.8. The third-order valence-corrected chi connectivity index (χ3v) is 6.69. The second-order valence-electron chi connectivity index (χ2n) is 8.18. The summed E-state index contributed by atoms with van der Waals surface area (Å²) in [5, 5.41) is 5.48. The van der Waals surface area contributed by atoms with E-state index in [-0.39, 0.29) is 11.1 Å². The van der Waals surface area contributed by atoms with Gasteiger partial charge in [0.25, 0.3) is 11.1 Å². The van der Waals surface area contributed by atoms with Gasteiger partial charge >= 0.3 is 0 Å². The van der Waals surface area contributed by atoms with Crippen LogP contribution in [0.5, 0.6) is 0 Å². The summed E-state index contributed by atoms with van der Waals surface area (Å²) in [6.45, 7) is 3.39. The molecule has 9 nitrogen and oxygen atoms in total. The predicted molar refractivity (Wildman–Crippen MR) is 130 cm³/mol. The van der Waals surface area contributed by atoms with Crippen LogP contribution in [0.25, 0.3) is 17.5 Å². The standard InChI is InChI=1S/C24H24N6O3S/c31-22-20(34-24(32)29-22)13-18-5-9-27-23(28-18)30-10-6-16(7-11-30)14-25-15-17-3-1-8-26-21(17)19-4-2-12-33-19/h1-5,8-9,12-13,16,25H,6-7,10-11,14-15H2,(H,29,31,32). The van der Waals surface area contributed by atoms with E-state index in [1.54, 1.807) is 30.8 Å². The van der Waals surface area contributed by atoms with E-state index in [1.165, 1.54) is 0 Å². The molecular formula is C24H24N6O3S. The topological polar surface area (TPSA) is 113 Å². The van der Waals surface area contributed by atoms with Crippen molar-refractivity contribution < 1.29 is 14.0 Å². The van der Waals surface area contributed by atoms with E-state index < -0.39 is 0 Å². The number of rotatable bonds is 7. The molecular weight excluding hydrogens is 452 g/mol. The Morgan fingerprint density at radius 3 is 2.79 bits per heavy atom. The van der Waals surface area contributed by atoms with E-state index in [0.29, 0.717) is 22.5 Å². The molecule has 2 N–H and O–H groups in total. The summed E-state index contributed by atoms with van der Waals surface area (Å²) in [6.07, 6.45) is 8.83. The lowest BCUT2D eigenvalue weighted by molar-refractivity contribution is -0.115. The minimum Gasteiger partial charge on any atom is -0.463 e. The van der Waals surface area contributed by atoms with Crippen molar-refractivity contribution in [2.75, 3.05) is 24.5 Å². The zero-order valence-corrected chi connectivity index (χ0v) is 19.3. The molecule has 0 aromatic carbocycles. The Morgan fingerprint density at radius 1 is 1.15 bits per heavy atom. The Bertz CT molecular complexity index is 1200. The van der Waals surface area contributed by atoms with Crippen LogP contribution in [0.15, 0.2) is 58.3 Å². The zero-order chi connectivity index (χ0) is 23.3. The molecule has 0 unspecified atom stereocenters. The Kier molecular flexibility index (Phi) is 6.68. The average Bonchev–Trinajstić information content (AvgIpc) is 3.50. The van der Waals surface area contributed by atoms with E-state index in [9.17, 15) is 9.59 Å². The largest absolute Gasteiger partial charge is 0.463 e. The summed E-state index contributed by atoms with van der Waals surface area (Å²) in [6, 6.07) is 9.55. The number of carbonyl (C=O) groups excluding carboxylic acids is 2. The molecule has 0 aliphatic carbocycles. The fourth-order valence-corrected chi connectivity index (χ4v) is 4.78. The Morgan fingerprint density at radius 2 is 2.03 bits per heavy atom. The first-order valence-electron chi connectivity index (χ1n) is 11.2. The molecule has 2 aliphatic heterocycles. The Balaban J connectivity index is 1.13. The van der Waals surface area contributed by atoms with Gasteiger partial charge in [-0.05, 0) is 73.0 Å². The summed E-state index contributed by atoms with van der Waals surface area (Å²) >= 11 is 0.888. The van der Waals surface area contributed by atoms with Crippen molar-refractivity contribution in [1.82, 2.24) is 25.6 Å². The number of hydrogen-bond acceptors (Lipinski definition) is 9. The molecule has 0 spiro atoms. The fraction of sp³-hybridized carbons (Fsp3) is 0.292. The lowest BCUT2D eigenvalue weighted by Gasteiger charge is -2.32. The Hall–Kier alpha value is -3.50. The van der Waals surface area contributed by atoms with Gasteiger partial charge in [-0.3, -0.25) is 19.9 Å². The molecule has 10 heteroatoms. The fourth-order valence-electron chi connectivity index (χ4n) is 4.11. The van der Waals surface area contributed by atoms with E-state index in [1.807, 2.05) is 18.2 Å². The highest BCUT2D eigenvalue weighted by Crippen LogP contribution is 2.26. The lowest BCUT2D eigenvalue weighted by Crippen LogP contribution is -2.38. The average molecular weight is 477 g/mol. The molecule has 5 rings (SSSR count). The number of nitrogens with zero attached hydrogens (tertiary/aromatic N) is 4. The van der Waals surface area contributed by atoms with E-state index >= 15 is 0 Å². The minimum atomic E-state index is -0.383. The molecule has 5 heterocycles. The number of nitrogens with one attached hydrogen (secondary N) is 2. The van der Waals surface area contributed by atoms with Gasteiger partial charge in [-0.2, -0.15) is 0 Å². The number of hydrogen-bond donors (Lipinski definition) is 2. The van der Waals surface area contributed by atoms with Crippen molar-refractivity contribution in [2.45, 2.75) is 19.4 Å². The first-order chi connectivity index (χ1) is 16.7. The molecule has 0 saturated carbocycles. The molecule has 0 atom stereocenters. The van der Waals surface area contributed by atoms with Crippen molar-refractivity contribution >= 4 is 34.9 Å². The van der Waals surface area contributed by atoms with Gasteiger partial charge in [0, 0.05) is 32.0 Å². The SMILES string of the molecule is O=C1NC(=O)C(=Cc2ccnc(N3CCC(CNCc4cccnc4-c4ccco4)CC3)n2)S1. The Labute approximate surface area is 201 Å². The van der Waals surface area contributed by atoms with Gasteiger partial charge < -0.3 is 14.6 Å². The molecule has 3 aromatic heterocycles. The zero-order valence-electron chi connectivity index (χ0n) is 18.4. The number of thioether (sulfide) groups is 1. The van der Waals surface area contributed by atoms with Crippen LogP contribution in [0.4, 0.5) is 10.7 Å². The normalized spacial score (nSPS) is 18.0. The van der Waals surface area contributed by atoms with Gasteiger partial charge in [-0.25, -0.2) is 9.97 Å². The number of carbonyl (C=O) groups is 2. The van der Waals surface area contributed by atoms with Crippen LogP contribution in [0.2, 0.25) is 0 Å². The van der Waals surface area contributed by atoms with Gasteiger partial charge in [0.15, 0.2) is 5.76 Å². The predicted octanol–water partition coefficient (Wildman–Crippen LogP) is 3.46. The monoisotopic (exact) mass is 476 g/mol. The van der Waals surface area contributed by atoms with Crippen LogP contribution >= 0.6 is 11.8 Å². The molecule has 2 saturated heterocycles. The molecule has 0 bridgehead atoms. The van der Waals surface area contributed by atoms with E-state index in [2.05, 4.69) is 36.6 Å². The van der Waals surface area contributed by atoms with Gasteiger partial charge in [-0.15, -0.1) is 0 Å². The summed E-state index contributed by atoms with van der Waals surface area (Å²) < 4.78 is 5.52. The van der Waals surface area contributed by atoms with Crippen LogP contribution < -0.4 is 15.5 Å². The number of anilines is 1. The molecule has 0 radical (unpaired) electrons. The quantitative estimate of drug-likeness (QED) is 0.495. The third kappa shape index (κ3) is 5.18. The molecule has 2 amide bonds. The van der Waals surface area contributed by atoms with Crippen molar-refractivity contribution in [3.05, 3.63) is 65.2 Å². The highest BCUT2D eigenvalue weighted by Gasteiger charge is 2.26. The number of amides is 2. The van der Waals surface area contributed by atoms with Crippen LogP contribution in [0, 0.1) is 5.92 Å². The van der Waals surface area contributed by atoms with Crippen LogP contribution in [-0.2, 0) is 11.3 Å². The van der Waals surface area contributed by atoms with Crippen molar-refractivity contribution in [1.29, 1.82) is 0 Å². The number of furan rings is 1. The summed E-state index contributed by atoms with van der Waals surface area (Å²) in [7, 11) is 0. The number of imide groups is 1. The molecule has 3 aromatic rings. The minimum absolute atomic E-state index is 0.350. The van der Waals surface area contributed by atoms with Crippen LogP contribution in [0.3, 0.4) is 0 Å². The molecule has 2 aliphatic rings. The highest BCUT2D eigenvalue weighted by atomic mass is 32.2. The van der Waals surface area contributed by atoms with Crippen molar-refractivity contribution in [2.24, 2.45) is 5.92 Å². The summed E-state index contributed by atoms with van der Waals surface area (Å²) in [4.78, 5) is 39.1. The second-order valence-corrected chi connectivity index (χ2v) is 9.20. The third-order valence-electron chi connectivity index (χ3n) is 5.88. The molecule has 2 fully saturated rings. The lowest BCUT2D eigenvalue weighted by atomic mass is 9.97. The maximum Gasteiger partial charge on any atom is 0.290 e. The van der Waals surface area contributed by atoms with Crippen LogP contribution in [0.1, 0.15) is 24.1 Å². The first kappa shape index (κ1) is 22.3. The van der Waals surface area contributed by atoms with Gasteiger partial charge in [0.1, 0.15) is 5.69 Å². The molecule has 174 valence electrons. The van der Waals surface area contributed by atoms with Crippen molar-refractivity contribution in [3.63, 3.8) is 0 Å². The van der Waals surface area contributed by atoms with Crippen LogP contribution in [-0.4, -0.2) is 45.7 Å². The summed E-state index contributed by atoms with van der Waals surface area (Å²) in [5.41, 5.74) is 2.61. The first-order valence-corrected chi connectivity index (χ1v) is 12.0. The maximum absolute atomic E-state index is 11.8. The number of aromatic nitrogens is 3. The number of piperidine rings is 1. The smallest absolute Gasteiger partial charge is 0.290 e. The second kappa shape index (κ2) is 10.2. The summed E-state index contributed by atoms with van der Waals surface area (Å²) in [5.74, 6) is 1.61.